The van der Waals surface area contributed by atoms with Crippen LogP contribution in [0.25, 0.3) is 0 Å². The van der Waals surface area contributed by atoms with Crippen molar-refractivity contribution in [3.63, 3.8) is 0 Å². The van der Waals surface area contributed by atoms with Gasteiger partial charge in [0.15, 0.2) is 0 Å². The van der Waals surface area contributed by atoms with Gasteiger partial charge in [-0.05, 0) is 12.0 Å². The topological polar surface area (TPSA) is 64.7 Å². The molecule has 0 spiro atoms. The first-order chi connectivity index (χ1) is 8.15. The Balaban J connectivity index is 1.81. The molecule has 17 heavy (non-hydrogen) atoms. The predicted octanol–water partition coefficient (Wildman–Crippen LogP) is 0.126. The Morgan fingerprint density at radius 3 is 2.53 bits per heavy atom. The van der Waals surface area contributed by atoms with Gasteiger partial charge in [-0.25, -0.2) is 0 Å². The highest BCUT2D eigenvalue weighted by Crippen LogP contribution is 1.98. The lowest BCUT2D eigenvalue weighted by Gasteiger charge is -2.01. The fourth-order valence-corrected chi connectivity index (χ4v) is 1.56. The Labute approximate surface area is 99.2 Å². The van der Waals surface area contributed by atoms with Gasteiger partial charge in [-0.15, -0.1) is 0 Å². The van der Waals surface area contributed by atoms with Crippen LogP contribution in [0.5, 0.6) is 0 Å². The average molecular weight is 233 g/mol. The van der Waals surface area contributed by atoms with Gasteiger partial charge >= 0.3 is 0 Å². The minimum Gasteiger partial charge on any atom is -0.352 e. The van der Waals surface area contributed by atoms with E-state index in [1.165, 1.54) is 0 Å². The monoisotopic (exact) mass is 233 g/mol. The van der Waals surface area contributed by atoms with Gasteiger partial charge in [0.05, 0.1) is 18.0 Å². The van der Waals surface area contributed by atoms with E-state index in [0.717, 1.165) is 12.0 Å². The average Bonchev–Trinajstić information content (AvgIpc) is 2.88. The molecule has 0 aromatic carbocycles. The molecule has 90 valence electrons. The summed E-state index contributed by atoms with van der Waals surface area (Å²) in [5.41, 5.74) is 1.69. The summed E-state index contributed by atoms with van der Waals surface area (Å²) in [5.74, 6) is -0.0954. The molecule has 0 bridgehead atoms. The Morgan fingerprint density at radius 2 is 1.94 bits per heavy atom. The van der Waals surface area contributed by atoms with Crippen LogP contribution < -0.4 is 5.32 Å². The molecule has 0 fully saturated rings. The van der Waals surface area contributed by atoms with Crippen molar-refractivity contribution in [3.8, 4) is 0 Å². The molecule has 0 aliphatic rings. The molecular weight excluding hydrogens is 218 g/mol. The summed E-state index contributed by atoms with van der Waals surface area (Å²) in [6, 6.07) is 0. The number of aromatic nitrogens is 4. The van der Waals surface area contributed by atoms with E-state index in [4.69, 9.17) is 0 Å². The Bertz CT molecular complexity index is 513. The van der Waals surface area contributed by atoms with Crippen LogP contribution in [0, 0.1) is 0 Å². The maximum absolute atomic E-state index is 11.7. The number of aryl methyl sites for hydroxylation is 2. The SMILES string of the molecule is Cn1cc(CCNC(=O)c2cnn(C)c2)cn1. The van der Waals surface area contributed by atoms with Crippen LogP contribution in [0.15, 0.2) is 24.8 Å². The van der Waals surface area contributed by atoms with Crippen LogP contribution in [0.2, 0.25) is 0 Å². The molecule has 2 heterocycles. The number of carbonyl (C=O) groups excluding carboxylic acids is 1. The molecule has 2 aromatic rings. The molecule has 1 N–H and O–H groups in total. The van der Waals surface area contributed by atoms with Crippen molar-refractivity contribution in [2.75, 3.05) is 6.54 Å². The van der Waals surface area contributed by atoms with E-state index in [9.17, 15) is 4.79 Å². The normalized spacial score (nSPS) is 10.5. The van der Waals surface area contributed by atoms with E-state index < -0.39 is 0 Å². The molecule has 0 aliphatic carbocycles. The van der Waals surface area contributed by atoms with Crippen LogP contribution in [-0.2, 0) is 20.5 Å². The zero-order chi connectivity index (χ0) is 12.3. The van der Waals surface area contributed by atoms with Crippen molar-refractivity contribution in [2.24, 2.45) is 14.1 Å². The maximum Gasteiger partial charge on any atom is 0.254 e. The maximum atomic E-state index is 11.7. The fourth-order valence-electron chi connectivity index (χ4n) is 1.56. The molecule has 1 amide bonds. The van der Waals surface area contributed by atoms with Crippen LogP contribution in [0.3, 0.4) is 0 Å². The van der Waals surface area contributed by atoms with Crippen LogP contribution in [0.4, 0.5) is 0 Å². The summed E-state index contributed by atoms with van der Waals surface area (Å²) < 4.78 is 3.36. The minimum absolute atomic E-state index is 0.0954. The molecule has 6 heteroatoms. The third-order valence-corrected chi connectivity index (χ3v) is 2.42. The molecular formula is C11H15N5O. The Hall–Kier alpha value is -2.11. The summed E-state index contributed by atoms with van der Waals surface area (Å²) in [4.78, 5) is 11.7. The quantitative estimate of drug-likeness (QED) is 0.816. The van der Waals surface area contributed by atoms with Crippen molar-refractivity contribution in [1.29, 1.82) is 0 Å². The smallest absolute Gasteiger partial charge is 0.254 e. The number of hydrogen-bond acceptors (Lipinski definition) is 3. The van der Waals surface area contributed by atoms with Gasteiger partial charge in [0, 0.05) is 33.0 Å². The number of nitrogens with zero attached hydrogens (tertiary/aromatic N) is 4. The highest BCUT2D eigenvalue weighted by atomic mass is 16.1. The van der Waals surface area contributed by atoms with E-state index in [1.807, 2.05) is 13.2 Å². The molecule has 0 unspecified atom stereocenters. The third-order valence-electron chi connectivity index (χ3n) is 2.42. The number of hydrogen-bond donors (Lipinski definition) is 1. The molecule has 0 saturated carbocycles. The number of carbonyl (C=O) groups is 1. The van der Waals surface area contributed by atoms with E-state index in [-0.39, 0.29) is 5.91 Å². The first-order valence-electron chi connectivity index (χ1n) is 5.39. The summed E-state index contributed by atoms with van der Waals surface area (Å²) in [6.45, 7) is 0.597. The lowest BCUT2D eigenvalue weighted by Crippen LogP contribution is -2.25. The summed E-state index contributed by atoms with van der Waals surface area (Å²) in [6.07, 6.45) is 7.77. The van der Waals surface area contributed by atoms with Crippen LogP contribution in [-0.4, -0.2) is 32.0 Å². The van der Waals surface area contributed by atoms with Crippen molar-refractivity contribution >= 4 is 5.91 Å². The molecule has 2 aromatic heterocycles. The van der Waals surface area contributed by atoms with Gasteiger partial charge in [-0.1, -0.05) is 0 Å². The minimum atomic E-state index is -0.0954. The van der Waals surface area contributed by atoms with Gasteiger partial charge in [0.25, 0.3) is 5.91 Å². The number of rotatable bonds is 4. The molecule has 0 radical (unpaired) electrons. The second-order valence-electron chi connectivity index (χ2n) is 3.93. The van der Waals surface area contributed by atoms with Crippen LogP contribution in [0.1, 0.15) is 15.9 Å². The fraction of sp³-hybridized carbons (Fsp3) is 0.364. The van der Waals surface area contributed by atoms with Crippen molar-refractivity contribution in [3.05, 3.63) is 35.9 Å². The Kier molecular flexibility index (Phi) is 3.22. The van der Waals surface area contributed by atoms with Gasteiger partial charge in [0.1, 0.15) is 0 Å². The largest absolute Gasteiger partial charge is 0.352 e. The first-order valence-corrected chi connectivity index (χ1v) is 5.39. The second-order valence-corrected chi connectivity index (χ2v) is 3.93. The Morgan fingerprint density at radius 1 is 1.24 bits per heavy atom. The second kappa shape index (κ2) is 4.82. The number of nitrogens with one attached hydrogen (secondary N) is 1. The predicted molar refractivity (Wildman–Crippen MR) is 62.5 cm³/mol. The van der Waals surface area contributed by atoms with E-state index in [2.05, 4.69) is 15.5 Å². The van der Waals surface area contributed by atoms with E-state index in [0.29, 0.717) is 12.1 Å². The summed E-state index contributed by atoms with van der Waals surface area (Å²) >= 11 is 0. The highest BCUT2D eigenvalue weighted by molar-refractivity contribution is 5.93. The zero-order valence-corrected chi connectivity index (χ0v) is 9.92. The van der Waals surface area contributed by atoms with Gasteiger partial charge in [-0.3, -0.25) is 14.2 Å². The molecule has 6 nitrogen and oxygen atoms in total. The molecule has 2 rings (SSSR count). The van der Waals surface area contributed by atoms with Gasteiger partial charge in [-0.2, -0.15) is 10.2 Å². The number of amides is 1. The van der Waals surface area contributed by atoms with Crippen molar-refractivity contribution < 1.29 is 4.79 Å². The highest BCUT2D eigenvalue weighted by Gasteiger charge is 2.06. The first kappa shape index (κ1) is 11.4. The van der Waals surface area contributed by atoms with E-state index in [1.54, 1.807) is 35.0 Å². The summed E-state index contributed by atoms with van der Waals surface area (Å²) in [5, 5.41) is 10.9. The van der Waals surface area contributed by atoms with Crippen molar-refractivity contribution in [2.45, 2.75) is 6.42 Å². The third kappa shape index (κ3) is 2.93. The van der Waals surface area contributed by atoms with Crippen molar-refractivity contribution in [1.82, 2.24) is 24.9 Å². The molecule has 0 atom stereocenters. The molecule has 0 saturated heterocycles. The van der Waals surface area contributed by atoms with Gasteiger partial charge < -0.3 is 5.32 Å². The van der Waals surface area contributed by atoms with Crippen LogP contribution >= 0.6 is 0 Å². The molecule has 0 aliphatic heterocycles. The lowest BCUT2D eigenvalue weighted by molar-refractivity contribution is 0.0954. The summed E-state index contributed by atoms with van der Waals surface area (Å²) in [7, 11) is 3.66. The van der Waals surface area contributed by atoms with E-state index >= 15 is 0 Å². The van der Waals surface area contributed by atoms with Gasteiger partial charge in [0.2, 0.25) is 0 Å². The standard InChI is InChI=1S/C11H15N5O/c1-15-7-9(5-13-15)3-4-12-11(17)10-6-14-16(2)8-10/h5-8H,3-4H2,1-2H3,(H,12,17). The lowest BCUT2D eigenvalue weighted by atomic mass is 10.2. The zero-order valence-electron chi connectivity index (χ0n) is 9.92.